The van der Waals surface area contributed by atoms with E-state index in [9.17, 15) is 9.59 Å². The third kappa shape index (κ3) is 5.28. The summed E-state index contributed by atoms with van der Waals surface area (Å²) in [6.07, 6.45) is 3.30. The van der Waals surface area contributed by atoms with Gasteiger partial charge in [-0.15, -0.1) is 0 Å². The average Bonchev–Trinajstić information content (AvgIpc) is 3.22. The molecule has 0 bridgehead atoms. The molecule has 0 N–H and O–H groups in total. The quantitative estimate of drug-likeness (QED) is 0.519. The molecule has 1 amide bonds. The number of hydrogen-bond donors (Lipinski definition) is 0. The van der Waals surface area contributed by atoms with E-state index in [0.29, 0.717) is 24.6 Å². The first-order chi connectivity index (χ1) is 15.0. The van der Waals surface area contributed by atoms with Crippen molar-refractivity contribution >= 4 is 38.5 Å². The van der Waals surface area contributed by atoms with Crippen molar-refractivity contribution in [3.05, 3.63) is 53.7 Å². The molecule has 1 fully saturated rings. The summed E-state index contributed by atoms with van der Waals surface area (Å²) in [7, 11) is 0. The molecule has 1 aliphatic heterocycles. The number of rotatable bonds is 7. The highest BCUT2D eigenvalue weighted by atomic mass is 32.1. The molecule has 6 nitrogen and oxygen atoms in total. The predicted molar refractivity (Wildman–Crippen MR) is 125 cm³/mol. The summed E-state index contributed by atoms with van der Waals surface area (Å²) in [4.78, 5) is 39.1. The van der Waals surface area contributed by atoms with Crippen LogP contribution in [0, 0.1) is 5.92 Å². The number of thiazole rings is 1. The molecule has 0 aliphatic carbocycles. The molecule has 0 radical (unpaired) electrons. The number of benzene rings is 1. The van der Waals surface area contributed by atoms with Crippen LogP contribution < -0.4 is 4.90 Å². The number of carbonyl (C=O) groups excluding carboxylic acids is 2. The van der Waals surface area contributed by atoms with E-state index in [1.165, 1.54) is 5.56 Å². The molecule has 0 saturated carbocycles. The molecule has 7 heteroatoms. The van der Waals surface area contributed by atoms with Gasteiger partial charge in [0.2, 0.25) is 5.91 Å². The van der Waals surface area contributed by atoms with Gasteiger partial charge >= 0.3 is 0 Å². The van der Waals surface area contributed by atoms with Gasteiger partial charge in [0.15, 0.2) is 10.9 Å². The molecule has 3 heterocycles. The van der Waals surface area contributed by atoms with Crippen LogP contribution in [0.4, 0.5) is 5.13 Å². The SMILES string of the molecule is CC(C)Cc1ccc(C(=O)CCC(=O)N2CCN(c3nc4cccnc4s3)CC2)cc1. The summed E-state index contributed by atoms with van der Waals surface area (Å²) >= 11 is 1.58. The van der Waals surface area contributed by atoms with Crippen LogP contribution in [-0.2, 0) is 11.2 Å². The topological polar surface area (TPSA) is 66.4 Å². The van der Waals surface area contributed by atoms with E-state index in [4.69, 9.17) is 0 Å². The number of aromatic nitrogens is 2. The van der Waals surface area contributed by atoms with Crippen LogP contribution in [0.3, 0.4) is 0 Å². The van der Waals surface area contributed by atoms with Crippen LogP contribution in [0.1, 0.15) is 42.6 Å². The lowest BCUT2D eigenvalue weighted by atomic mass is 9.99. The van der Waals surface area contributed by atoms with E-state index in [-0.39, 0.29) is 24.5 Å². The number of piperazine rings is 1. The lowest BCUT2D eigenvalue weighted by Gasteiger charge is -2.34. The van der Waals surface area contributed by atoms with E-state index < -0.39 is 0 Å². The number of nitrogens with zero attached hydrogens (tertiary/aromatic N) is 4. The van der Waals surface area contributed by atoms with Gasteiger partial charge in [0.05, 0.1) is 0 Å². The van der Waals surface area contributed by atoms with E-state index >= 15 is 0 Å². The van der Waals surface area contributed by atoms with Gasteiger partial charge in [0.1, 0.15) is 10.3 Å². The first kappa shape index (κ1) is 21.4. The Bertz CT molecular complexity index is 1020. The molecule has 1 saturated heterocycles. The fraction of sp³-hybridized carbons (Fsp3) is 0.417. The maximum absolute atomic E-state index is 12.6. The molecule has 1 aromatic carbocycles. The fourth-order valence-corrected chi connectivity index (χ4v) is 4.82. The Morgan fingerprint density at radius 3 is 2.45 bits per heavy atom. The monoisotopic (exact) mass is 436 g/mol. The van der Waals surface area contributed by atoms with Gasteiger partial charge in [0.25, 0.3) is 0 Å². The van der Waals surface area contributed by atoms with Crippen molar-refractivity contribution in [1.82, 2.24) is 14.9 Å². The number of hydrogen-bond acceptors (Lipinski definition) is 6. The highest BCUT2D eigenvalue weighted by molar-refractivity contribution is 7.21. The number of pyridine rings is 1. The van der Waals surface area contributed by atoms with E-state index in [1.807, 2.05) is 41.3 Å². The van der Waals surface area contributed by atoms with Gasteiger partial charge in [-0.05, 0) is 30.0 Å². The second-order valence-corrected chi connectivity index (χ2v) is 9.37. The molecule has 0 spiro atoms. The maximum Gasteiger partial charge on any atom is 0.223 e. The van der Waals surface area contributed by atoms with Crippen molar-refractivity contribution in [3.8, 4) is 0 Å². The molecular weight excluding hydrogens is 408 g/mol. The Morgan fingerprint density at radius 2 is 1.77 bits per heavy atom. The third-order valence-electron chi connectivity index (χ3n) is 5.54. The minimum absolute atomic E-state index is 0.0325. The summed E-state index contributed by atoms with van der Waals surface area (Å²) in [6, 6.07) is 11.7. The van der Waals surface area contributed by atoms with Gasteiger partial charge in [0, 0.05) is 50.8 Å². The molecule has 162 valence electrons. The number of anilines is 1. The average molecular weight is 437 g/mol. The maximum atomic E-state index is 12.6. The Balaban J connectivity index is 1.25. The Hall–Kier alpha value is -2.80. The van der Waals surface area contributed by atoms with Crippen molar-refractivity contribution in [3.63, 3.8) is 0 Å². The fourth-order valence-electron chi connectivity index (χ4n) is 3.86. The van der Waals surface area contributed by atoms with Crippen molar-refractivity contribution < 1.29 is 9.59 Å². The molecular formula is C24H28N4O2S. The summed E-state index contributed by atoms with van der Waals surface area (Å²) < 4.78 is 0. The molecule has 0 atom stereocenters. The van der Waals surface area contributed by atoms with Crippen molar-refractivity contribution in [2.24, 2.45) is 5.92 Å². The molecule has 1 aliphatic rings. The van der Waals surface area contributed by atoms with Crippen LogP contribution in [0.2, 0.25) is 0 Å². The largest absolute Gasteiger partial charge is 0.344 e. The van der Waals surface area contributed by atoms with Gasteiger partial charge in [-0.3, -0.25) is 9.59 Å². The van der Waals surface area contributed by atoms with Gasteiger partial charge in [-0.25, -0.2) is 9.97 Å². The molecule has 4 rings (SSSR count). The lowest BCUT2D eigenvalue weighted by molar-refractivity contribution is -0.131. The molecule has 2 aromatic heterocycles. The first-order valence-corrected chi connectivity index (χ1v) is 11.7. The van der Waals surface area contributed by atoms with Gasteiger partial charge in [-0.2, -0.15) is 0 Å². The zero-order chi connectivity index (χ0) is 21.8. The van der Waals surface area contributed by atoms with Gasteiger partial charge < -0.3 is 9.80 Å². The summed E-state index contributed by atoms with van der Waals surface area (Å²) in [5.41, 5.74) is 2.84. The van der Waals surface area contributed by atoms with E-state index in [1.54, 1.807) is 17.5 Å². The third-order valence-corrected chi connectivity index (χ3v) is 6.58. The minimum Gasteiger partial charge on any atom is -0.344 e. The highest BCUT2D eigenvalue weighted by Gasteiger charge is 2.23. The van der Waals surface area contributed by atoms with Crippen molar-refractivity contribution in [2.45, 2.75) is 33.1 Å². The Morgan fingerprint density at radius 1 is 1.03 bits per heavy atom. The second kappa shape index (κ2) is 9.56. The van der Waals surface area contributed by atoms with Crippen LogP contribution in [0.25, 0.3) is 10.3 Å². The van der Waals surface area contributed by atoms with Crippen LogP contribution >= 0.6 is 11.3 Å². The summed E-state index contributed by atoms with van der Waals surface area (Å²) in [5, 5.41) is 0.955. The zero-order valence-electron chi connectivity index (χ0n) is 18.1. The molecule has 31 heavy (non-hydrogen) atoms. The summed E-state index contributed by atoms with van der Waals surface area (Å²) in [5.74, 6) is 0.673. The highest BCUT2D eigenvalue weighted by Crippen LogP contribution is 2.27. The van der Waals surface area contributed by atoms with Crippen molar-refractivity contribution in [2.75, 3.05) is 31.1 Å². The standard InChI is InChI=1S/C24H28N4O2S/c1-17(2)16-18-5-7-19(8-6-18)21(29)9-10-22(30)27-12-14-28(15-13-27)24-26-20-4-3-11-25-23(20)31-24/h3-8,11,17H,9-10,12-16H2,1-2H3. The number of ketones is 1. The lowest BCUT2D eigenvalue weighted by Crippen LogP contribution is -2.48. The van der Waals surface area contributed by atoms with E-state index in [0.717, 1.165) is 35.0 Å². The first-order valence-electron chi connectivity index (χ1n) is 10.9. The Kier molecular flexibility index (Phi) is 6.61. The van der Waals surface area contributed by atoms with Crippen LogP contribution in [-0.4, -0.2) is 52.7 Å². The zero-order valence-corrected chi connectivity index (χ0v) is 18.9. The number of carbonyl (C=O) groups is 2. The normalized spacial score (nSPS) is 14.4. The van der Waals surface area contributed by atoms with Crippen molar-refractivity contribution in [1.29, 1.82) is 0 Å². The van der Waals surface area contributed by atoms with Crippen LogP contribution in [0.15, 0.2) is 42.6 Å². The van der Waals surface area contributed by atoms with Crippen LogP contribution in [0.5, 0.6) is 0 Å². The minimum atomic E-state index is 0.0325. The Labute approximate surface area is 186 Å². The molecule has 0 unspecified atom stereocenters. The number of amides is 1. The van der Waals surface area contributed by atoms with E-state index in [2.05, 4.69) is 28.7 Å². The second-order valence-electron chi connectivity index (χ2n) is 8.41. The smallest absolute Gasteiger partial charge is 0.223 e. The van der Waals surface area contributed by atoms with Gasteiger partial charge in [-0.1, -0.05) is 49.4 Å². The predicted octanol–water partition coefficient (Wildman–Crippen LogP) is 4.20. The molecule has 3 aromatic rings. The number of Topliss-reactive ketones (excluding diaryl/α,β-unsaturated/α-hetero) is 1. The summed E-state index contributed by atoms with van der Waals surface area (Å²) in [6.45, 7) is 7.16. The number of fused-ring (bicyclic) bond motifs is 1.